The highest BCUT2D eigenvalue weighted by atomic mass is 16.5. The number of hydrogen-bond acceptors (Lipinski definition) is 3. The van der Waals surface area contributed by atoms with Gasteiger partial charge in [0, 0.05) is 0 Å². The molecule has 3 heteroatoms. The van der Waals surface area contributed by atoms with E-state index < -0.39 is 0 Å². The van der Waals surface area contributed by atoms with Gasteiger partial charge in [-0.15, -0.1) is 0 Å². The van der Waals surface area contributed by atoms with Crippen LogP contribution in [0.25, 0.3) is 0 Å². The van der Waals surface area contributed by atoms with Crippen molar-refractivity contribution in [3.63, 3.8) is 0 Å². The molecule has 0 amide bonds. The van der Waals surface area contributed by atoms with Gasteiger partial charge in [0.05, 0.1) is 12.7 Å². The third-order valence-electron chi connectivity index (χ3n) is 2.35. The minimum Gasteiger partial charge on any atom is -0.490 e. The van der Waals surface area contributed by atoms with Crippen molar-refractivity contribution in [3.8, 4) is 5.75 Å². The minimum absolute atomic E-state index is 0.0697. The number of aliphatic hydroxyl groups is 1. The molecule has 0 saturated heterocycles. The molecule has 1 aromatic carbocycles. The van der Waals surface area contributed by atoms with Gasteiger partial charge in [-0.25, -0.2) is 0 Å². The fraction of sp³-hybridized carbons (Fsp3) is 0.500. The molecule has 84 valence electrons. The Morgan fingerprint density at radius 3 is 2.47 bits per heavy atom. The van der Waals surface area contributed by atoms with E-state index in [1.807, 2.05) is 24.3 Å². The van der Waals surface area contributed by atoms with Gasteiger partial charge in [0.25, 0.3) is 0 Å². The molecule has 0 fully saturated rings. The quantitative estimate of drug-likeness (QED) is 0.749. The summed E-state index contributed by atoms with van der Waals surface area (Å²) in [5, 5.41) is 8.88. The number of rotatable bonds is 6. The van der Waals surface area contributed by atoms with Crippen molar-refractivity contribution >= 4 is 0 Å². The maximum Gasteiger partial charge on any atom is 0.119 e. The Balaban J connectivity index is 2.55. The average Bonchev–Trinajstić information content (AvgIpc) is 2.29. The van der Waals surface area contributed by atoms with Crippen molar-refractivity contribution in [2.24, 2.45) is 5.73 Å². The highest BCUT2D eigenvalue weighted by Gasteiger charge is 2.06. The molecule has 0 saturated carbocycles. The molecule has 1 unspecified atom stereocenters. The van der Waals surface area contributed by atoms with Crippen molar-refractivity contribution < 1.29 is 9.84 Å². The lowest BCUT2D eigenvalue weighted by Crippen LogP contribution is -2.19. The largest absolute Gasteiger partial charge is 0.490 e. The van der Waals surface area contributed by atoms with Crippen molar-refractivity contribution in [3.05, 3.63) is 29.8 Å². The third kappa shape index (κ3) is 3.90. The molecule has 1 rings (SSSR count). The van der Waals surface area contributed by atoms with Gasteiger partial charge in [-0.05, 0) is 37.1 Å². The summed E-state index contributed by atoms with van der Waals surface area (Å²) in [6, 6.07) is 7.49. The second-order valence-corrected chi connectivity index (χ2v) is 3.53. The van der Waals surface area contributed by atoms with E-state index in [0.29, 0.717) is 6.54 Å². The fourth-order valence-electron chi connectivity index (χ4n) is 1.40. The van der Waals surface area contributed by atoms with Crippen LogP contribution < -0.4 is 10.5 Å². The molecule has 0 heterocycles. The fourth-order valence-corrected chi connectivity index (χ4v) is 1.40. The van der Waals surface area contributed by atoms with Gasteiger partial charge in [-0.1, -0.05) is 19.1 Å². The van der Waals surface area contributed by atoms with Gasteiger partial charge >= 0.3 is 0 Å². The van der Waals surface area contributed by atoms with Crippen molar-refractivity contribution in [1.82, 2.24) is 0 Å². The predicted molar refractivity (Wildman–Crippen MR) is 60.7 cm³/mol. The smallest absolute Gasteiger partial charge is 0.119 e. The standard InChI is InChI=1S/C12H19NO2/c1-2-11(7-8-13)15-12-5-3-10(9-14)4-6-12/h3-6,11,14H,2,7-9,13H2,1H3. The monoisotopic (exact) mass is 209 g/mol. The summed E-state index contributed by atoms with van der Waals surface area (Å²) in [7, 11) is 0. The van der Waals surface area contributed by atoms with Crippen LogP contribution in [0.2, 0.25) is 0 Å². The highest BCUT2D eigenvalue weighted by Crippen LogP contribution is 2.16. The van der Waals surface area contributed by atoms with Crippen LogP contribution in [-0.2, 0) is 6.61 Å². The highest BCUT2D eigenvalue weighted by molar-refractivity contribution is 5.26. The van der Waals surface area contributed by atoms with E-state index in [-0.39, 0.29) is 12.7 Å². The van der Waals surface area contributed by atoms with Gasteiger partial charge in [-0.2, -0.15) is 0 Å². The maximum atomic E-state index is 8.88. The Labute approximate surface area is 90.9 Å². The van der Waals surface area contributed by atoms with Crippen LogP contribution in [0.15, 0.2) is 24.3 Å². The van der Waals surface area contributed by atoms with Gasteiger partial charge in [0.2, 0.25) is 0 Å². The van der Waals surface area contributed by atoms with Crippen LogP contribution >= 0.6 is 0 Å². The molecule has 15 heavy (non-hydrogen) atoms. The summed E-state index contributed by atoms with van der Waals surface area (Å²) < 4.78 is 5.74. The van der Waals surface area contributed by atoms with E-state index >= 15 is 0 Å². The molecule has 3 N–H and O–H groups in total. The molecule has 0 aromatic heterocycles. The minimum atomic E-state index is 0.0697. The number of nitrogens with two attached hydrogens (primary N) is 1. The number of benzene rings is 1. The first-order chi connectivity index (χ1) is 7.30. The second kappa shape index (κ2) is 6.43. The number of hydrogen-bond donors (Lipinski definition) is 2. The first-order valence-corrected chi connectivity index (χ1v) is 5.36. The first-order valence-electron chi connectivity index (χ1n) is 5.36. The Hall–Kier alpha value is -1.06. The molecule has 0 radical (unpaired) electrons. The molecule has 0 aliphatic rings. The summed E-state index contributed by atoms with van der Waals surface area (Å²) in [5.74, 6) is 0.840. The van der Waals surface area contributed by atoms with Gasteiger partial charge in [0.1, 0.15) is 5.75 Å². The zero-order chi connectivity index (χ0) is 11.1. The first kappa shape index (κ1) is 12.0. The average molecular weight is 209 g/mol. The molecular formula is C12H19NO2. The molecule has 1 atom stereocenters. The zero-order valence-electron chi connectivity index (χ0n) is 9.15. The molecular weight excluding hydrogens is 190 g/mol. The maximum absolute atomic E-state index is 8.88. The Morgan fingerprint density at radius 2 is 2.00 bits per heavy atom. The topological polar surface area (TPSA) is 55.5 Å². The van der Waals surface area contributed by atoms with Crippen molar-refractivity contribution in [2.75, 3.05) is 6.54 Å². The van der Waals surface area contributed by atoms with Crippen LogP contribution in [0.1, 0.15) is 25.3 Å². The summed E-state index contributed by atoms with van der Waals surface area (Å²) in [4.78, 5) is 0. The second-order valence-electron chi connectivity index (χ2n) is 3.53. The van der Waals surface area contributed by atoms with E-state index in [2.05, 4.69) is 6.92 Å². The molecule has 0 bridgehead atoms. The van der Waals surface area contributed by atoms with Crippen LogP contribution in [0.4, 0.5) is 0 Å². The predicted octanol–water partition coefficient (Wildman–Crippen LogP) is 1.69. The normalized spacial score (nSPS) is 12.5. The molecule has 0 aliphatic carbocycles. The lowest BCUT2D eigenvalue weighted by molar-refractivity contribution is 0.189. The van der Waals surface area contributed by atoms with E-state index in [1.54, 1.807) is 0 Å². The van der Waals surface area contributed by atoms with E-state index in [4.69, 9.17) is 15.6 Å². The van der Waals surface area contributed by atoms with Gasteiger partial charge < -0.3 is 15.6 Å². The number of aliphatic hydroxyl groups excluding tert-OH is 1. The third-order valence-corrected chi connectivity index (χ3v) is 2.35. The Morgan fingerprint density at radius 1 is 1.33 bits per heavy atom. The Bertz CT molecular complexity index is 271. The molecule has 1 aromatic rings. The van der Waals surface area contributed by atoms with E-state index in [0.717, 1.165) is 24.2 Å². The van der Waals surface area contributed by atoms with Gasteiger partial charge in [0.15, 0.2) is 0 Å². The number of ether oxygens (including phenoxy) is 1. The molecule has 0 spiro atoms. The van der Waals surface area contributed by atoms with Crippen LogP contribution in [0, 0.1) is 0 Å². The summed E-state index contributed by atoms with van der Waals surface area (Å²) >= 11 is 0. The lowest BCUT2D eigenvalue weighted by atomic mass is 10.2. The van der Waals surface area contributed by atoms with E-state index in [1.165, 1.54) is 0 Å². The molecule has 0 aliphatic heterocycles. The zero-order valence-corrected chi connectivity index (χ0v) is 9.15. The van der Waals surface area contributed by atoms with Crippen LogP contribution in [0.5, 0.6) is 5.75 Å². The van der Waals surface area contributed by atoms with Crippen LogP contribution in [0.3, 0.4) is 0 Å². The van der Waals surface area contributed by atoms with Gasteiger partial charge in [-0.3, -0.25) is 0 Å². The lowest BCUT2D eigenvalue weighted by Gasteiger charge is -2.16. The van der Waals surface area contributed by atoms with Crippen LogP contribution in [-0.4, -0.2) is 17.8 Å². The Kier molecular flexibility index (Phi) is 5.15. The molecule has 3 nitrogen and oxygen atoms in total. The van der Waals surface area contributed by atoms with Crippen molar-refractivity contribution in [2.45, 2.75) is 32.5 Å². The van der Waals surface area contributed by atoms with Crippen molar-refractivity contribution in [1.29, 1.82) is 0 Å². The SMILES string of the molecule is CCC(CCN)Oc1ccc(CO)cc1. The summed E-state index contributed by atoms with van der Waals surface area (Å²) in [6.45, 7) is 2.80. The van der Waals surface area contributed by atoms with E-state index in [9.17, 15) is 0 Å². The summed E-state index contributed by atoms with van der Waals surface area (Å²) in [6.07, 6.45) is 2.02. The summed E-state index contributed by atoms with van der Waals surface area (Å²) in [5.41, 5.74) is 6.39.